The molecule has 2 fully saturated rings. The van der Waals surface area contributed by atoms with Gasteiger partial charge >= 0.3 is 11.8 Å². The summed E-state index contributed by atoms with van der Waals surface area (Å²) in [5, 5.41) is 13.1. The van der Waals surface area contributed by atoms with E-state index in [1.165, 1.54) is 4.90 Å². The molecule has 1 saturated carbocycles. The van der Waals surface area contributed by atoms with Crippen LogP contribution in [0.4, 0.5) is 0 Å². The van der Waals surface area contributed by atoms with Crippen LogP contribution >= 0.6 is 0 Å². The molecule has 6 heteroatoms. The lowest BCUT2D eigenvalue weighted by Gasteiger charge is -2.36. The molecule has 1 aliphatic heterocycles. The van der Waals surface area contributed by atoms with Crippen LogP contribution in [0.5, 0.6) is 0 Å². The summed E-state index contributed by atoms with van der Waals surface area (Å²) in [7, 11) is 0. The van der Waals surface area contributed by atoms with Gasteiger partial charge in [-0.05, 0) is 26.7 Å². The molecule has 2 amide bonds. The zero-order valence-electron chi connectivity index (χ0n) is 11.6. The van der Waals surface area contributed by atoms with Gasteiger partial charge in [0.2, 0.25) is 0 Å². The van der Waals surface area contributed by atoms with Crippen molar-refractivity contribution in [2.45, 2.75) is 44.9 Å². The van der Waals surface area contributed by atoms with E-state index in [4.69, 9.17) is 0 Å². The van der Waals surface area contributed by atoms with Gasteiger partial charge in [-0.1, -0.05) is 0 Å². The van der Waals surface area contributed by atoms with Crippen molar-refractivity contribution in [3.8, 4) is 0 Å². The molecule has 108 valence electrons. The van der Waals surface area contributed by atoms with Crippen molar-refractivity contribution >= 4 is 11.8 Å². The third kappa shape index (κ3) is 3.67. The van der Waals surface area contributed by atoms with E-state index in [2.05, 4.69) is 5.32 Å². The van der Waals surface area contributed by atoms with E-state index in [0.717, 1.165) is 12.8 Å². The number of nitrogens with one attached hydrogen (secondary N) is 1. The molecule has 1 aliphatic carbocycles. The lowest BCUT2D eigenvalue weighted by atomic mass is 10.2. The fourth-order valence-corrected chi connectivity index (χ4v) is 2.27. The van der Waals surface area contributed by atoms with Crippen LogP contribution in [0.1, 0.15) is 26.7 Å². The van der Waals surface area contributed by atoms with Gasteiger partial charge in [0.15, 0.2) is 0 Å². The zero-order chi connectivity index (χ0) is 14.0. The molecule has 6 nitrogen and oxygen atoms in total. The Hall–Kier alpha value is -1.14. The van der Waals surface area contributed by atoms with Gasteiger partial charge < -0.3 is 20.2 Å². The van der Waals surface area contributed by atoms with E-state index in [9.17, 15) is 14.7 Å². The molecule has 2 N–H and O–H groups in total. The normalized spacial score (nSPS) is 22.3. The van der Waals surface area contributed by atoms with Gasteiger partial charge in [0.25, 0.3) is 0 Å². The molecule has 1 atom stereocenters. The minimum atomic E-state index is -0.608. The van der Waals surface area contributed by atoms with E-state index < -0.39 is 17.9 Å². The molecule has 0 bridgehead atoms. The summed E-state index contributed by atoms with van der Waals surface area (Å²) in [5.74, 6) is -0.950. The van der Waals surface area contributed by atoms with Crippen LogP contribution in [-0.2, 0) is 9.59 Å². The molecule has 19 heavy (non-hydrogen) atoms. The second-order valence-corrected chi connectivity index (χ2v) is 5.68. The first kappa shape index (κ1) is 14.3. The van der Waals surface area contributed by atoms with E-state index in [1.807, 2.05) is 13.8 Å². The average Bonchev–Trinajstić information content (AvgIpc) is 3.16. The van der Waals surface area contributed by atoms with Crippen LogP contribution in [0.25, 0.3) is 0 Å². The van der Waals surface area contributed by atoms with Crippen LogP contribution in [0.15, 0.2) is 0 Å². The molecule has 1 saturated heterocycles. The SMILES string of the molecule is CC(C)N1CCN(CC(O)CNC2CC2)C(=O)C1=O. The predicted octanol–water partition coefficient (Wildman–Crippen LogP) is -0.821. The molecule has 1 heterocycles. The highest BCUT2D eigenvalue weighted by molar-refractivity contribution is 6.35. The Labute approximate surface area is 113 Å². The smallest absolute Gasteiger partial charge is 0.312 e. The van der Waals surface area contributed by atoms with E-state index in [1.54, 1.807) is 4.90 Å². The molecule has 0 aromatic heterocycles. The number of aliphatic hydroxyl groups excluding tert-OH is 1. The van der Waals surface area contributed by atoms with Crippen molar-refractivity contribution in [3.05, 3.63) is 0 Å². The van der Waals surface area contributed by atoms with E-state index in [0.29, 0.717) is 25.7 Å². The molecular weight excluding hydrogens is 246 g/mol. The Kier molecular flexibility index (Phi) is 4.42. The summed E-state index contributed by atoms with van der Waals surface area (Å²) >= 11 is 0. The second-order valence-electron chi connectivity index (χ2n) is 5.68. The van der Waals surface area contributed by atoms with Crippen molar-refractivity contribution in [3.63, 3.8) is 0 Å². The summed E-state index contributed by atoms with van der Waals surface area (Å²) in [6, 6.07) is 0.574. The highest BCUT2D eigenvalue weighted by Gasteiger charge is 2.34. The van der Waals surface area contributed by atoms with Crippen LogP contribution in [0.2, 0.25) is 0 Å². The Morgan fingerprint density at radius 1 is 1.26 bits per heavy atom. The van der Waals surface area contributed by atoms with Crippen LogP contribution < -0.4 is 5.32 Å². The molecular formula is C13H23N3O3. The molecule has 0 radical (unpaired) electrons. The van der Waals surface area contributed by atoms with Crippen LogP contribution in [0.3, 0.4) is 0 Å². The second kappa shape index (κ2) is 5.88. The van der Waals surface area contributed by atoms with Crippen molar-refractivity contribution in [1.82, 2.24) is 15.1 Å². The molecule has 1 unspecified atom stereocenters. The molecule has 0 aromatic carbocycles. The van der Waals surface area contributed by atoms with Crippen molar-refractivity contribution in [2.75, 3.05) is 26.2 Å². The monoisotopic (exact) mass is 269 g/mol. The average molecular weight is 269 g/mol. The molecule has 0 spiro atoms. The number of piperazine rings is 1. The predicted molar refractivity (Wildman–Crippen MR) is 70.5 cm³/mol. The minimum Gasteiger partial charge on any atom is -0.390 e. The number of carbonyl (C=O) groups is 2. The summed E-state index contributed by atoms with van der Waals surface area (Å²) < 4.78 is 0. The number of nitrogens with zero attached hydrogens (tertiary/aromatic N) is 2. The number of hydrogen-bond acceptors (Lipinski definition) is 4. The topological polar surface area (TPSA) is 72.9 Å². The first-order chi connectivity index (χ1) is 8.99. The number of aliphatic hydroxyl groups is 1. The first-order valence-corrected chi connectivity index (χ1v) is 7.00. The molecule has 2 aliphatic rings. The van der Waals surface area contributed by atoms with Crippen LogP contribution in [0, 0.1) is 0 Å². The van der Waals surface area contributed by atoms with Gasteiger partial charge in [0, 0.05) is 38.3 Å². The highest BCUT2D eigenvalue weighted by atomic mass is 16.3. The van der Waals surface area contributed by atoms with Crippen molar-refractivity contribution < 1.29 is 14.7 Å². The summed E-state index contributed by atoms with van der Waals surface area (Å²) in [6.45, 7) is 5.56. The standard InChI is InChI=1S/C13H23N3O3/c1-9(2)16-6-5-15(12(18)13(16)19)8-11(17)7-14-10-3-4-10/h9-11,14,17H,3-8H2,1-2H3. The van der Waals surface area contributed by atoms with Crippen molar-refractivity contribution in [2.24, 2.45) is 0 Å². The number of rotatable bonds is 6. The summed E-state index contributed by atoms with van der Waals surface area (Å²) in [5.41, 5.74) is 0. The van der Waals surface area contributed by atoms with E-state index in [-0.39, 0.29) is 12.6 Å². The number of amides is 2. The Morgan fingerprint density at radius 2 is 1.95 bits per heavy atom. The Morgan fingerprint density at radius 3 is 2.53 bits per heavy atom. The fourth-order valence-electron chi connectivity index (χ4n) is 2.27. The lowest BCUT2D eigenvalue weighted by molar-refractivity contribution is -0.158. The van der Waals surface area contributed by atoms with Gasteiger partial charge in [-0.15, -0.1) is 0 Å². The largest absolute Gasteiger partial charge is 0.390 e. The fraction of sp³-hybridized carbons (Fsp3) is 0.846. The first-order valence-electron chi connectivity index (χ1n) is 7.00. The molecule has 2 rings (SSSR count). The highest BCUT2D eigenvalue weighted by Crippen LogP contribution is 2.18. The van der Waals surface area contributed by atoms with Gasteiger partial charge in [-0.2, -0.15) is 0 Å². The van der Waals surface area contributed by atoms with Gasteiger partial charge in [-0.25, -0.2) is 0 Å². The zero-order valence-corrected chi connectivity index (χ0v) is 11.6. The summed E-state index contributed by atoms with van der Waals surface area (Å²) in [4.78, 5) is 26.8. The van der Waals surface area contributed by atoms with Gasteiger partial charge in [0.05, 0.1) is 6.10 Å². The lowest BCUT2D eigenvalue weighted by Crippen LogP contribution is -2.58. The maximum Gasteiger partial charge on any atom is 0.312 e. The van der Waals surface area contributed by atoms with Crippen LogP contribution in [-0.4, -0.2) is 71.1 Å². The maximum atomic E-state index is 11.9. The van der Waals surface area contributed by atoms with Gasteiger partial charge in [0.1, 0.15) is 0 Å². The third-order valence-electron chi connectivity index (χ3n) is 3.62. The Balaban J connectivity index is 1.80. The molecule has 0 aromatic rings. The number of carbonyl (C=O) groups excluding carboxylic acids is 2. The summed E-state index contributed by atoms with van der Waals surface area (Å²) in [6.07, 6.45) is 1.72. The Bertz CT molecular complexity index is 355. The maximum absolute atomic E-state index is 11.9. The van der Waals surface area contributed by atoms with E-state index >= 15 is 0 Å². The number of hydrogen-bond donors (Lipinski definition) is 2. The third-order valence-corrected chi connectivity index (χ3v) is 3.62. The quantitative estimate of drug-likeness (QED) is 0.618. The van der Waals surface area contributed by atoms with Gasteiger partial charge in [-0.3, -0.25) is 9.59 Å². The van der Waals surface area contributed by atoms with Crippen molar-refractivity contribution in [1.29, 1.82) is 0 Å². The number of β-amino-alcohol motifs (C(OH)–C–C–N with tert-alkyl or cyclic N) is 1. The minimum absolute atomic E-state index is 0.0417.